The summed E-state index contributed by atoms with van der Waals surface area (Å²) in [6.07, 6.45) is 2.43. The minimum atomic E-state index is -2.92. The highest BCUT2D eigenvalue weighted by Gasteiger charge is 2.36. The number of carbonyl (C=O) groups excluding carboxylic acids is 1. The van der Waals surface area contributed by atoms with Gasteiger partial charge in [0.05, 0.1) is 19.3 Å². The van der Waals surface area contributed by atoms with Gasteiger partial charge in [0.15, 0.2) is 0 Å². The summed E-state index contributed by atoms with van der Waals surface area (Å²) in [5.74, 6) is 0.188. The van der Waals surface area contributed by atoms with E-state index >= 15 is 0 Å². The van der Waals surface area contributed by atoms with Gasteiger partial charge in [-0.2, -0.15) is 8.78 Å². The van der Waals surface area contributed by atoms with Crippen molar-refractivity contribution in [1.29, 1.82) is 0 Å². The van der Waals surface area contributed by atoms with Crippen molar-refractivity contribution in [3.8, 4) is 11.6 Å². The molecule has 144 valence electrons. The normalized spacial score (nSPS) is 19.9. The predicted molar refractivity (Wildman–Crippen MR) is 92.8 cm³/mol. The molecule has 3 rings (SSSR count). The highest BCUT2D eigenvalue weighted by molar-refractivity contribution is 5.94. The lowest BCUT2D eigenvalue weighted by Gasteiger charge is -2.38. The third kappa shape index (κ3) is 4.71. The molecule has 0 radical (unpaired) electrons. The fraction of sp³-hybridized carbons (Fsp3) is 0.368. The van der Waals surface area contributed by atoms with Crippen molar-refractivity contribution in [1.82, 2.24) is 10.3 Å². The lowest BCUT2D eigenvalue weighted by molar-refractivity contribution is -0.0498. The number of aliphatic hydroxyl groups excluding tert-OH is 1. The number of hydrogen-bond acceptors (Lipinski definition) is 5. The Bertz CT molecular complexity index is 762. The maximum Gasteiger partial charge on any atom is 0.387 e. The molecule has 1 atom stereocenters. The Kier molecular flexibility index (Phi) is 5.85. The zero-order valence-corrected chi connectivity index (χ0v) is 14.6. The Morgan fingerprint density at radius 1 is 1.22 bits per heavy atom. The molecule has 0 bridgehead atoms. The van der Waals surface area contributed by atoms with Crippen molar-refractivity contribution >= 4 is 5.91 Å². The number of hydrogen-bond donors (Lipinski definition) is 2. The SMILES string of the molecule is COc1ccc(C(NC(=O)c2ccc(OC(F)F)cc2)C2CC(O)C2)cn1. The number of ether oxygens (including phenoxy) is 2. The van der Waals surface area contributed by atoms with E-state index in [1.165, 1.54) is 31.4 Å². The molecule has 27 heavy (non-hydrogen) atoms. The van der Waals surface area contributed by atoms with Gasteiger partial charge in [-0.25, -0.2) is 4.98 Å². The van der Waals surface area contributed by atoms with E-state index in [2.05, 4.69) is 15.0 Å². The molecule has 1 heterocycles. The minimum Gasteiger partial charge on any atom is -0.481 e. The molecular formula is C19H20F2N2O4. The number of rotatable bonds is 7. The number of halogens is 2. The van der Waals surface area contributed by atoms with Crippen molar-refractivity contribution in [3.05, 3.63) is 53.7 Å². The van der Waals surface area contributed by atoms with Crippen LogP contribution in [-0.4, -0.2) is 35.8 Å². The first-order chi connectivity index (χ1) is 13.0. The topological polar surface area (TPSA) is 80.7 Å². The van der Waals surface area contributed by atoms with Crippen molar-refractivity contribution in [2.24, 2.45) is 5.92 Å². The second-order valence-corrected chi connectivity index (χ2v) is 6.37. The Morgan fingerprint density at radius 2 is 1.93 bits per heavy atom. The van der Waals surface area contributed by atoms with Crippen molar-refractivity contribution in [3.63, 3.8) is 0 Å². The first-order valence-electron chi connectivity index (χ1n) is 8.50. The first kappa shape index (κ1) is 19.0. The van der Waals surface area contributed by atoms with Crippen LogP contribution in [0.2, 0.25) is 0 Å². The largest absolute Gasteiger partial charge is 0.481 e. The lowest BCUT2D eigenvalue weighted by atomic mass is 9.75. The van der Waals surface area contributed by atoms with Gasteiger partial charge in [-0.05, 0) is 48.6 Å². The molecule has 1 amide bonds. The molecule has 1 fully saturated rings. The molecule has 2 aromatic rings. The summed E-state index contributed by atoms with van der Waals surface area (Å²) in [6.45, 7) is -2.92. The van der Waals surface area contributed by atoms with E-state index in [9.17, 15) is 18.7 Å². The number of amides is 1. The van der Waals surface area contributed by atoms with Gasteiger partial charge in [0.1, 0.15) is 5.75 Å². The number of carbonyl (C=O) groups is 1. The molecule has 1 aromatic carbocycles. The molecule has 1 aliphatic carbocycles. The van der Waals surface area contributed by atoms with E-state index < -0.39 is 6.61 Å². The zero-order valence-electron chi connectivity index (χ0n) is 14.6. The average Bonchev–Trinajstić information content (AvgIpc) is 2.64. The van der Waals surface area contributed by atoms with Gasteiger partial charge in [0.2, 0.25) is 5.88 Å². The van der Waals surface area contributed by atoms with E-state index in [0.29, 0.717) is 24.3 Å². The molecule has 8 heteroatoms. The average molecular weight is 378 g/mol. The van der Waals surface area contributed by atoms with Crippen LogP contribution in [0.4, 0.5) is 8.78 Å². The number of pyridine rings is 1. The van der Waals surface area contributed by atoms with Gasteiger partial charge < -0.3 is 19.9 Å². The molecule has 0 aliphatic heterocycles. The maximum absolute atomic E-state index is 12.6. The predicted octanol–water partition coefficient (Wildman–Crippen LogP) is 2.93. The number of nitrogens with zero attached hydrogens (tertiary/aromatic N) is 1. The van der Waals surface area contributed by atoms with Crippen LogP contribution in [0, 0.1) is 5.92 Å². The van der Waals surface area contributed by atoms with Crippen LogP contribution in [0.25, 0.3) is 0 Å². The first-order valence-corrected chi connectivity index (χ1v) is 8.50. The number of methoxy groups -OCH3 is 1. The molecule has 1 aromatic heterocycles. The van der Waals surface area contributed by atoms with E-state index in [1.807, 2.05) is 6.07 Å². The summed E-state index contributed by atoms with van der Waals surface area (Å²) in [5, 5.41) is 12.6. The lowest BCUT2D eigenvalue weighted by Crippen LogP contribution is -2.41. The molecule has 1 unspecified atom stereocenters. The number of benzene rings is 1. The maximum atomic E-state index is 12.6. The molecule has 0 spiro atoms. The summed E-state index contributed by atoms with van der Waals surface area (Å²) < 4.78 is 33.8. The number of nitrogens with one attached hydrogen (secondary N) is 1. The van der Waals surface area contributed by atoms with E-state index in [0.717, 1.165) is 5.56 Å². The molecule has 0 saturated heterocycles. The van der Waals surface area contributed by atoms with E-state index in [1.54, 1.807) is 12.3 Å². The Morgan fingerprint density at radius 3 is 2.44 bits per heavy atom. The Labute approximate surface area is 155 Å². The fourth-order valence-corrected chi connectivity index (χ4v) is 3.08. The zero-order chi connectivity index (χ0) is 19.4. The monoisotopic (exact) mass is 378 g/mol. The van der Waals surface area contributed by atoms with Gasteiger partial charge in [-0.3, -0.25) is 4.79 Å². The van der Waals surface area contributed by atoms with E-state index in [4.69, 9.17) is 4.74 Å². The quantitative estimate of drug-likeness (QED) is 0.774. The molecule has 1 aliphatic rings. The van der Waals surface area contributed by atoms with Gasteiger partial charge in [-0.15, -0.1) is 0 Å². The number of aromatic nitrogens is 1. The van der Waals surface area contributed by atoms with Crippen molar-refractivity contribution in [2.75, 3.05) is 7.11 Å². The van der Waals surface area contributed by atoms with Crippen molar-refractivity contribution < 1.29 is 28.2 Å². The van der Waals surface area contributed by atoms with Crippen LogP contribution in [-0.2, 0) is 0 Å². The van der Waals surface area contributed by atoms with Gasteiger partial charge in [0.25, 0.3) is 5.91 Å². The Balaban J connectivity index is 1.73. The van der Waals surface area contributed by atoms with Crippen molar-refractivity contribution in [2.45, 2.75) is 31.6 Å². The molecular weight excluding hydrogens is 358 g/mol. The summed E-state index contributed by atoms with van der Waals surface area (Å²) >= 11 is 0. The van der Waals surface area contributed by atoms with Gasteiger partial charge >= 0.3 is 6.61 Å². The van der Waals surface area contributed by atoms with E-state index in [-0.39, 0.29) is 29.7 Å². The van der Waals surface area contributed by atoms with Crippen LogP contribution in [0.15, 0.2) is 42.6 Å². The van der Waals surface area contributed by atoms with Crippen LogP contribution in [0.3, 0.4) is 0 Å². The highest BCUT2D eigenvalue weighted by atomic mass is 19.3. The van der Waals surface area contributed by atoms with Gasteiger partial charge in [-0.1, -0.05) is 6.07 Å². The third-order valence-electron chi connectivity index (χ3n) is 4.58. The summed E-state index contributed by atoms with van der Waals surface area (Å²) in [7, 11) is 1.52. The minimum absolute atomic E-state index is 0.0143. The molecule has 1 saturated carbocycles. The summed E-state index contributed by atoms with van der Waals surface area (Å²) in [4.78, 5) is 16.8. The Hall–Kier alpha value is -2.74. The summed E-state index contributed by atoms with van der Waals surface area (Å²) in [6, 6.07) is 8.69. The third-order valence-corrected chi connectivity index (χ3v) is 4.58. The second-order valence-electron chi connectivity index (χ2n) is 6.37. The molecule has 6 nitrogen and oxygen atoms in total. The van der Waals surface area contributed by atoms with Crippen LogP contribution in [0.1, 0.15) is 34.8 Å². The van der Waals surface area contributed by atoms with Crippen LogP contribution < -0.4 is 14.8 Å². The standard InChI is InChI=1S/C19H20F2N2O4/c1-26-16-7-4-12(10-22-16)17(13-8-14(24)9-13)23-18(25)11-2-5-15(6-3-11)27-19(20)21/h2-7,10,13-14,17,19,24H,8-9H2,1H3,(H,23,25). The van der Waals surface area contributed by atoms with Gasteiger partial charge in [0, 0.05) is 17.8 Å². The number of alkyl halides is 2. The number of aliphatic hydroxyl groups is 1. The van der Waals surface area contributed by atoms with Crippen LogP contribution in [0.5, 0.6) is 11.6 Å². The van der Waals surface area contributed by atoms with Crippen LogP contribution >= 0.6 is 0 Å². The smallest absolute Gasteiger partial charge is 0.387 e. The summed E-state index contributed by atoms with van der Waals surface area (Å²) in [5.41, 5.74) is 1.13. The fourth-order valence-electron chi connectivity index (χ4n) is 3.08. The highest BCUT2D eigenvalue weighted by Crippen LogP contribution is 2.38. The second kappa shape index (κ2) is 8.30. The molecule has 2 N–H and O–H groups in total.